The van der Waals surface area contributed by atoms with Crippen LogP contribution in [0.5, 0.6) is 0 Å². The molecule has 2 aliphatic rings. The quantitative estimate of drug-likeness (QED) is 0.547. The number of hydrogen-bond acceptors (Lipinski definition) is 5. The van der Waals surface area contributed by atoms with E-state index in [2.05, 4.69) is 15.1 Å². The average Bonchev–Trinajstić information content (AvgIpc) is 2.89. The van der Waals surface area contributed by atoms with Crippen LogP contribution in [0.2, 0.25) is 0 Å². The molecule has 1 saturated heterocycles. The number of aromatic carboxylic acids is 1. The molecule has 1 aromatic heterocycles. The number of aryl methyl sites for hydroxylation is 1. The number of anilines is 2. The second-order valence-corrected chi connectivity index (χ2v) is 9.65. The number of fused-ring (bicyclic) bond motifs is 1. The van der Waals surface area contributed by atoms with Crippen molar-refractivity contribution >= 4 is 34.3 Å². The molecular weight excluding hydrogens is 440 g/mol. The van der Waals surface area contributed by atoms with E-state index in [0.29, 0.717) is 34.0 Å². The van der Waals surface area contributed by atoms with Gasteiger partial charge < -0.3 is 15.3 Å². The van der Waals surface area contributed by atoms with Crippen molar-refractivity contribution in [3.8, 4) is 0 Å². The Morgan fingerprint density at radius 3 is 2.40 bits per heavy atom. The average molecular weight is 473 g/mol. The first-order valence-corrected chi connectivity index (χ1v) is 12.5. The van der Waals surface area contributed by atoms with Crippen molar-refractivity contribution in [3.63, 3.8) is 0 Å². The first-order valence-electron chi connectivity index (χ1n) is 12.5. The van der Waals surface area contributed by atoms with E-state index in [-0.39, 0.29) is 11.5 Å². The number of piperazine rings is 1. The Morgan fingerprint density at radius 2 is 1.69 bits per heavy atom. The van der Waals surface area contributed by atoms with Crippen LogP contribution in [0.25, 0.3) is 10.9 Å². The molecule has 1 aliphatic heterocycles. The fourth-order valence-electron chi connectivity index (χ4n) is 5.42. The maximum Gasteiger partial charge on any atom is 0.336 e. The molecule has 1 amide bonds. The maximum atomic E-state index is 12.7. The van der Waals surface area contributed by atoms with Crippen LogP contribution in [0, 0.1) is 6.92 Å². The fourth-order valence-corrected chi connectivity index (χ4v) is 5.42. The Morgan fingerprint density at radius 1 is 0.943 bits per heavy atom. The molecule has 2 heterocycles. The zero-order valence-electron chi connectivity index (χ0n) is 20.2. The molecule has 7 nitrogen and oxygen atoms in total. The number of carbonyl (C=O) groups excluding carboxylic acids is 1. The lowest BCUT2D eigenvalue weighted by atomic mass is 9.94. The third-order valence-corrected chi connectivity index (χ3v) is 7.40. The van der Waals surface area contributed by atoms with Crippen LogP contribution in [-0.4, -0.2) is 59.1 Å². The Balaban J connectivity index is 1.36. The standard InChI is InChI=1S/C28H32N4O3/c1-19-7-5-6-10-22(19)27(33)29-20-11-12-25-23(17-20)24(28(34)35)18-26(30-25)32-15-13-31(14-16-32)21-8-3-2-4-9-21/h5-7,10-12,17-18,21H,2-4,8-9,13-16H2,1H3,(H,29,33)(H,34,35). The number of pyridine rings is 1. The Kier molecular flexibility index (Phi) is 6.68. The summed E-state index contributed by atoms with van der Waals surface area (Å²) in [6, 6.07) is 15.0. The van der Waals surface area contributed by atoms with Crippen molar-refractivity contribution in [1.82, 2.24) is 9.88 Å². The minimum Gasteiger partial charge on any atom is -0.478 e. The molecule has 0 atom stereocenters. The van der Waals surface area contributed by atoms with Crippen molar-refractivity contribution in [2.45, 2.75) is 45.1 Å². The van der Waals surface area contributed by atoms with Crippen molar-refractivity contribution < 1.29 is 14.7 Å². The first kappa shape index (κ1) is 23.3. The van der Waals surface area contributed by atoms with Crippen molar-refractivity contribution in [3.05, 3.63) is 65.2 Å². The van der Waals surface area contributed by atoms with E-state index >= 15 is 0 Å². The molecule has 0 radical (unpaired) electrons. The Hall–Kier alpha value is -3.45. The highest BCUT2D eigenvalue weighted by molar-refractivity contribution is 6.08. The molecule has 2 fully saturated rings. The highest BCUT2D eigenvalue weighted by Gasteiger charge is 2.26. The highest BCUT2D eigenvalue weighted by Crippen LogP contribution is 2.28. The molecule has 0 spiro atoms. The van der Waals surface area contributed by atoms with E-state index in [1.165, 1.54) is 32.1 Å². The number of carboxylic acids is 1. The number of carbonyl (C=O) groups is 2. The summed E-state index contributed by atoms with van der Waals surface area (Å²) in [5.74, 6) is -0.517. The summed E-state index contributed by atoms with van der Waals surface area (Å²) in [6.45, 7) is 5.54. The second kappa shape index (κ2) is 10.0. The van der Waals surface area contributed by atoms with Gasteiger partial charge in [0.1, 0.15) is 5.82 Å². The van der Waals surface area contributed by atoms with Gasteiger partial charge in [-0.3, -0.25) is 9.69 Å². The van der Waals surface area contributed by atoms with Crippen molar-refractivity contribution in [2.75, 3.05) is 36.4 Å². The largest absolute Gasteiger partial charge is 0.478 e. The first-order chi connectivity index (χ1) is 17.0. The van der Waals surface area contributed by atoms with E-state index in [9.17, 15) is 14.7 Å². The van der Waals surface area contributed by atoms with Crippen LogP contribution < -0.4 is 10.2 Å². The van der Waals surface area contributed by atoms with Crippen LogP contribution >= 0.6 is 0 Å². The van der Waals surface area contributed by atoms with E-state index in [1.54, 1.807) is 30.3 Å². The van der Waals surface area contributed by atoms with Gasteiger partial charge >= 0.3 is 5.97 Å². The molecule has 2 aromatic carbocycles. The summed E-state index contributed by atoms with van der Waals surface area (Å²) in [5, 5.41) is 13.4. The summed E-state index contributed by atoms with van der Waals surface area (Å²) < 4.78 is 0. The van der Waals surface area contributed by atoms with Crippen LogP contribution in [0.15, 0.2) is 48.5 Å². The van der Waals surface area contributed by atoms with E-state index in [4.69, 9.17) is 4.98 Å². The van der Waals surface area contributed by atoms with Crippen LogP contribution in [0.3, 0.4) is 0 Å². The minimum absolute atomic E-state index is 0.201. The smallest absolute Gasteiger partial charge is 0.336 e. The van der Waals surface area contributed by atoms with Crippen LogP contribution in [-0.2, 0) is 0 Å². The molecule has 7 heteroatoms. The van der Waals surface area contributed by atoms with Gasteiger partial charge in [-0.15, -0.1) is 0 Å². The third-order valence-electron chi connectivity index (χ3n) is 7.40. The summed E-state index contributed by atoms with van der Waals surface area (Å²) in [4.78, 5) is 34.5. The second-order valence-electron chi connectivity index (χ2n) is 9.65. The van der Waals surface area contributed by atoms with Gasteiger partial charge in [-0.2, -0.15) is 0 Å². The molecule has 35 heavy (non-hydrogen) atoms. The van der Waals surface area contributed by atoms with Gasteiger partial charge in [-0.25, -0.2) is 9.78 Å². The monoisotopic (exact) mass is 472 g/mol. The molecule has 182 valence electrons. The molecule has 0 unspecified atom stereocenters. The lowest BCUT2D eigenvalue weighted by Gasteiger charge is -2.41. The fraction of sp³-hybridized carbons (Fsp3) is 0.393. The molecule has 1 aliphatic carbocycles. The zero-order valence-corrected chi connectivity index (χ0v) is 20.2. The summed E-state index contributed by atoms with van der Waals surface area (Å²) >= 11 is 0. The summed E-state index contributed by atoms with van der Waals surface area (Å²) in [7, 11) is 0. The number of benzene rings is 2. The Labute approximate surface area is 205 Å². The van der Waals surface area contributed by atoms with Gasteiger partial charge in [0.15, 0.2) is 0 Å². The zero-order chi connectivity index (χ0) is 24.4. The van der Waals surface area contributed by atoms with Crippen LogP contribution in [0.1, 0.15) is 58.4 Å². The number of hydrogen-bond donors (Lipinski definition) is 2. The number of amides is 1. The molecule has 1 saturated carbocycles. The number of rotatable bonds is 5. The molecule has 2 N–H and O–H groups in total. The topological polar surface area (TPSA) is 85.8 Å². The lowest BCUT2D eigenvalue weighted by molar-refractivity contribution is 0.0698. The molecule has 0 bridgehead atoms. The highest BCUT2D eigenvalue weighted by atomic mass is 16.4. The number of nitrogens with one attached hydrogen (secondary N) is 1. The maximum absolute atomic E-state index is 12.7. The SMILES string of the molecule is Cc1ccccc1C(=O)Nc1ccc2nc(N3CCN(C4CCCCC4)CC3)cc(C(=O)O)c2c1. The normalized spacial score (nSPS) is 17.5. The van der Waals surface area contributed by atoms with Crippen molar-refractivity contribution in [1.29, 1.82) is 0 Å². The van der Waals surface area contributed by atoms with E-state index in [0.717, 1.165) is 31.7 Å². The number of aromatic nitrogens is 1. The number of carboxylic acid groups (broad SMARTS) is 1. The molecule has 3 aromatic rings. The summed E-state index contributed by atoms with van der Waals surface area (Å²) in [6.07, 6.45) is 6.59. The van der Waals surface area contributed by atoms with Crippen molar-refractivity contribution in [2.24, 2.45) is 0 Å². The van der Waals surface area contributed by atoms with Gasteiger partial charge in [0.25, 0.3) is 5.91 Å². The van der Waals surface area contributed by atoms with E-state index in [1.807, 2.05) is 25.1 Å². The van der Waals surface area contributed by atoms with Gasteiger partial charge in [-0.05, 0) is 55.7 Å². The lowest BCUT2D eigenvalue weighted by Crippen LogP contribution is -2.51. The number of nitrogens with zero attached hydrogens (tertiary/aromatic N) is 3. The predicted molar refractivity (Wildman–Crippen MR) is 138 cm³/mol. The van der Waals surface area contributed by atoms with Gasteiger partial charge in [0, 0.05) is 48.9 Å². The minimum atomic E-state index is -0.998. The Bertz CT molecular complexity index is 1240. The summed E-state index contributed by atoms with van der Waals surface area (Å²) in [5.41, 5.74) is 2.83. The van der Waals surface area contributed by atoms with Gasteiger partial charge in [0.05, 0.1) is 11.1 Å². The van der Waals surface area contributed by atoms with Gasteiger partial charge in [-0.1, -0.05) is 37.5 Å². The van der Waals surface area contributed by atoms with Gasteiger partial charge in [0.2, 0.25) is 0 Å². The third kappa shape index (κ3) is 5.00. The molecule has 5 rings (SSSR count). The molecular formula is C28H32N4O3. The predicted octanol–water partition coefficient (Wildman–Crippen LogP) is 4.95. The van der Waals surface area contributed by atoms with Crippen LogP contribution in [0.4, 0.5) is 11.5 Å². The van der Waals surface area contributed by atoms with E-state index < -0.39 is 5.97 Å².